The molecule has 0 N–H and O–H groups in total. The second-order valence-electron chi connectivity index (χ2n) is 6.51. The van der Waals surface area contributed by atoms with Gasteiger partial charge in [-0.25, -0.2) is 0 Å². The molecule has 1 aromatic heterocycles. The fraction of sp³-hybridized carbons (Fsp3) is 0.273. The van der Waals surface area contributed by atoms with Gasteiger partial charge in [-0.15, -0.1) is 0 Å². The largest absolute Gasteiger partial charge is 0.492 e. The highest BCUT2D eigenvalue weighted by molar-refractivity contribution is 5.52. The summed E-state index contributed by atoms with van der Waals surface area (Å²) in [5.41, 5.74) is 4.65. The molecule has 0 radical (unpaired) electrons. The van der Waals surface area contributed by atoms with Crippen LogP contribution in [-0.4, -0.2) is 24.3 Å². The third kappa shape index (κ3) is 3.20. The molecule has 1 unspecified atom stereocenters. The molecule has 4 heteroatoms. The molecule has 0 saturated carbocycles. The molecule has 0 bridgehead atoms. The molecule has 0 aliphatic carbocycles. The Morgan fingerprint density at radius 3 is 2.85 bits per heavy atom. The molecule has 2 heterocycles. The lowest BCUT2D eigenvalue weighted by molar-refractivity contribution is 0.114. The molecule has 4 rings (SSSR count). The first kappa shape index (κ1) is 16.7. The Morgan fingerprint density at radius 2 is 2.00 bits per heavy atom. The minimum atomic E-state index is -0.0581. The van der Waals surface area contributed by atoms with Crippen molar-refractivity contribution in [2.45, 2.75) is 20.1 Å². The minimum absolute atomic E-state index is 0.0581. The van der Waals surface area contributed by atoms with Gasteiger partial charge in [0.15, 0.2) is 6.23 Å². The van der Waals surface area contributed by atoms with Crippen LogP contribution in [0.3, 0.4) is 0 Å². The van der Waals surface area contributed by atoms with Crippen molar-refractivity contribution in [3.63, 3.8) is 0 Å². The zero-order chi connectivity index (χ0) is 17.9. The van der Waals surface area contributed by atoms with E-state index in [4.69, 9.17) is 9.47 Å². The third-order valence-electron chi connectivity index (χ3n) is 4.67. The molecule has 1 aliphatic rings. The van der Waals surface area contributed by atoms with Gasteiger partial charge in [0, 0.05) is 30.2 Å². The van der Waals surface area contributed by atoms with Crippen LogP contribution in [0, 0.1) is 6.92 Å². The van der Waals surface area contributed by atoms with Gasteiger partial charge in [-0.05, 0) is 49.7 Å². The first-order chi connectivity index (χ1) is 12.8. The highest BCUT2D eigenvalue weighted by atomic mass is 16.5. The number of aromatic nitrogens is 1. The number of anilines is 1. The van der Waals surface area contributed by atoms with Crippen molar-refractivity contribution in [1.82, 2.24) is 4.57 Å². The van der Waals surface area contributed by atoms with Crippen LogP contribution in [0.5, 0.6) is 5.75 Å². The number of benzene rings is 2. The summed E-state index contributed by atoms with van der Waals surface area (Å²) in [6.07, 6.45) is 4.15. The standard InChI is InChI=1S/C22H24N2O2/c1-3-25-21-10-5-4-9-20(21)23-12-11-18(16-23)22-24(13-14-26-22)19-8-6-7-17(2)15-19/h4-12,15-16,22H,3,13-14H2,1-2H3. The van der Waals surface area contributed by atoms with Crippen molar-refractivity contribution in [2.24, 2.45) is 0 Å². The summed E-state index contributed by atoms with van der Waals surface area (Å²) >= 11 is 0. The van der Waals surface area contributed by atoms with Crippen molar-refractivity contribution < 1.29 is 9.47 Å². The first-order valence-corrected chi connectivity index (χ1v) is 9.11. The molecule has 26 heavy (non-hydrogen) atoms. The normalized spacial score (nSPS) is 16.8. The number of rotatable bonds is 5. The van der Waals surface area contributed by atoms with Crippen LogP contribution in [0.25, 0.3) is 5.69 Å². The Balaban J connectivity index is 1.63. The minimum Gasteiger partial charge on any atom is -0.492 e. The highest BCUT2D eigenvalue weighted by Crippen LogP contribution is 2.33. The fourth-order valence-electron chi connectivity index (χ4n) is 3.47. The SMILES string of the molecule is CCOc1ccccc1-n1ccc(C2OCCN2c2cccc(C)c2)c1. The average Bonchev–Trinajstić information content (AvgIpc) is 3.32. The van der Waals surface area contributed by atoms with E-state index in [1.165, 1.54) is 11.3 Å². The summed E-state index contributed by atoms with van der Waals surface area (Å²) < 4.78 is 13.9. The summed E-state index contributed by atoms with van der Waals surface area (Å²) in [7, 11) is 0. The maximum absolute atomic E-state index is 6.05. The van der Waals surface area contributed by atoms with Crippen LogP contribution in [0.4, 0.5) is 5.69 Å². The monoisotopic (exact) mass is 348 g/mol. The van der Waals surface area contributed by atoms with Crippen molar-refractivity contribution >= 4 is 5.69 Å². The third-order valence-corrected chi connectivity index (χ3v) is 4.67. The van der Waals surface area contributed by atoms with E-state index in [-0.39, 0.29) is 6.23 Å². The van der Waals surface area contributed by atoms with E-state index in [9.17, 15) is 0 Å². The molecule has 134 valence electrons. The number of aryl methyl sites for hydroxylation is 1. The van der Waals surface area contributed by atoms with Crippen LogP contribution in [0.1, 0.15) is 24.3 Å². The Bertz CT molecular complexity index is 887. The maximum Gasteiger partial charge on any atom is 0.158 e. The van der Waals surface area contributed by atoms with Gasteiger partial charge in [-0.3, -0.25) is 0 Å². The van der Waals surface area contributed by atoms with Crippen LogP contribution in [-0.2, 0) is 4.74 Å². The molecule has 1 saturated heterocycles. The van der Waals surface area contributed by atoms with Gasteiger partial charge in [-0.2, -0.15) is 0 Å². The van der Waals surface area contributed by atoms with Crippen LogP contribution >= 0.6 is 0 Å². The molecule has 3 aromatic rings. The van der Waals surface area contributed by atoms with Gasteiger partial charge < -0.3 is 18.9 Å². The zero-order valence-electron chi connectivity index (χ0n) is 15.3. The molecule has 0 amide bonds. The van der Waals surface area contributed by atoms with E-state index in [1.807, 2.05) is 25.1 Å². The van der Waals surface area contributed by atoms with E-state index < -0.39 is 0 Å². The van der Waals surface area contributed by atoms with Crippen LogP contribution < -0.4 is 9.64 Å². The molecule has 0 spiro atoms. The lowest BCUT2D eigenvalue weighted by atomic mass is 10.2. The van der Waals surface area contributed by atoms with Crippen molar-refractivity contribution in [3.8, 4) is 11.4 Å². The fourth-order valence-corrected chi connectivity index (χ4v) is 3.47. The number of ether oxygens (including phenoxy) is 2. The van der Waals surface area contributed by atoms with Gasteiger partial charge in [0.2, 0.25) is 0 Å². The second-order valence-corrected chi connectivity index (χ2v) is 6.51. The van der Waals surface area contributed by atoms with Gasteiger partial charge in [0.05, 0.1) is 18.9 Å². The zero-order valence-corrected chi connectivity index (χ0v) is 15.3. The summed E-state index contributed by atoms with van der Waals surface area (Å²) in [6.45, 7) is 6.41. The van der Waals surface area contributed by atoms with Crippen molar-refractivity contribution in [2.75, 3.05) is 24.7 Å². The van der Waals surface area contributed by atoms with E-state index in [0.29, 0.717) is 6.61 Å². The number of hydrogen-bond acceptors (Lipinski definition) is 3. The summed E-state index contributed by atoms with van der Waals surface area (Å²) in [5, 5.41) is 0. The lowest BCUT2D eigenvalue weighted by Gasteiger charge is -2.25. The maximum atomic E-state index is 6.05. The van der Waals surface area contributed by atoms with Crippen LogP contribution in [0.2, 0.25) is 0 Å². The Morgan fingerprint density at radius 1 is 1.12 bits per heavy atom. The summed E-state index contributed by atoms with van der Waals surface area (Å²) in [4.78, 5) is 2.32. The first-order valence-electron chi connectivity index (χ1n) is 9.11. The quantitative estimate of drug-likeness (QED) is 0.667. The van der Waals surface area contributed by atoms with Crippen molar-refractivity contribution in [1.29, 1.82) is 0 Å². The second kappa shape index (κ2) is 7.26. The lowest BCUT2D eigenvalue weighted by Crippen LogP contribution is -2.23. The predicted octanol–water partition coefficient (Wildman–Crippen LogP) is 4.72. The van der Waals surface area contributed by atoms with Gasteiger partial charge in [0.25, 0.3) is 0 Å². The smallest absolute Gasteiger partial charge is 0.158 e. The van der Waals surface area contributed by atoms with Gasteiger partial charge >= 0.3 is 0 Å². The molecule has 1 fully saturated rings. The molecule has 1 atom stereocenters. The number of nitrogens with zero attached hydrogens (tertiary/aromatic N) is 2. The molecular formula is C22H24N2O2. The summed E-state index contributed by atoms with van der Waals surface area (Å²) in [6, 6.07) is 18.8. The Kier molecular flexibility index (Phi) is 4.67. The molecule has 2 aromatic carbocycles. The van der Waals surface area contributed by atoms with E-state index in [1.54, 1.807) is 0 Å². The van der Waals surface area contributed by atoms with Gasteiger partial charge in [-0.1, -0.05) is 24.3 Å². The molecule has 4 nitrogen and oxygen atoms in total. The molecule has 1 aliphatic heterocycles. The molecular weight excluding hydrogens is 324 g/mol. The number of para-hydroxylation sites is 2. The van der Waals surface area contributed by atoms with E-state index in [2.05, 4.69) is 65.2 Å². The van der Waals surface area contributed by atoms with Crippen LogP contribution in [0.15, 0.2) is 67.0 Å². The predicted molar refractivity (Wildman–Crippen MR) is 104 cm³/mol. The van der Waals surface area contributed by atoms with E-state index in [0.717, 1.165) is 30.2 Å². The average molecular weight is 348 g/mol. The summed E-state index contributed by atoms with van der Waals surface area (Å²) in [5.74, 6) is 0.889. The topological polar surface area (TPSA) is 26.6 Å². The van der Waals surface area contributed by atoms with Crippen molar-refractivity contribution in [3.05, 3.63) is 78.1 Å². The van der Waals surface area contributed by atoms with E-state index >= 15 is 0 Å². The van der Waals surface area contributed by atoms with Gasteiger partial charge in [0.1, 0.15) is 5.75 Å². The Labute approximate surface area is 154 Å². The highest BCUT2D eigenvalue weighted by Gasteiger charge is 2.28. The Hall–Kier alpha value is -2.72. The number of hydrogen-bond donors (Lipinski definition) is 0.